The fourth-order valence-electron chi connectivity index (χ4n) is 6.72. The van der Waals surface area contributed by atoms with Gasteiger partial charge in [0.1, 0.15) is 5.75 Å². The van der Waals surface area contributed by atoms with E-state index in [0.29, 0.717) is 46.8 Å². The molecule has 4 heterocycles. The van der Waals surface area contributed by atoms with Gasteiger partial charge in [0.2, 0.25) is 17.7 Å². The molecule has 2 aromatic heterocycles. The second-order valence-corrected chi connectivity index (χ2v) is 13.5. The number of piperidine rings is 1. The van der Waals surface area contributed by atoms with Crippen molar-refractivity contribution in [1.29, 1.82) is 0 Å². The third kappa shape index (κ3) is 8.21. The van der Waals surface area contributed by atoms with E-state index in [0.717, 1.165) is 78.0 Å². The first kappa shape index (κ1) is 35.6. The van der Waals surface area contributed by atoms with Crippen molar-refractivity contribution >= 4 is 35.0 Å². The predicted octanol–water partition coefficient (Wildman–Crippen LogP) is 6.27. The number of aromatic nitrogens is 2. The van der Waals surface area contributed by atoms with Crippen molar-refractivity contribution in [1.82, 2.24) is 30.8 Å². The number of amides is 2. The number of likely N-dealkylation sites (tertiary alicyclic amines) is 1. The summed E-state index contributed by atoms with van der Waals surface area (Å²) >= 11 is 14.2. The van der Waals surface area contributed by atoms with E-state index in [-0.39, 0.29) is 23.9 Å². The summed E-state index contributed by atoms with van der Waals surface area (Å²) in [4.78, 5) is 34.8. The van der Waals surface area contributed by atoms with Crippen LogP contribution in [0.4, 0.5) is 0 Å². The Morgan fingerprint density at radius 3 is 2.44 bits per heavy atom. The maximum absolute atomic E-state index is 11.5. The molecule has 50 heavy (non-hydrogen) atoms. The second kappa shape index (κ2) is 16.2. The van der Waals surface area contributed by atoms with Crippen molar-refractivity contribution in [2.75, 3.05) is 33.9 Å². The highest BCUT2D eigenvalue weighted by atomic mass is 35.5. The van der Waals surface area contributed by atoms with Crippen LogP contribution >= 0.6 is 23.2 Å². The maximum Gasteiger partial charge on any atom is 0.220 e. The molecular weight excluding hydrogens is 675 g/mol. The quantitative estimate of drug-likeness (QED) is 0.157. The van der Waals surface area contributed by atoms with Crippen LogP contribution in [0, 0.1) is 0 Å². The maximum atomic E-state index is 11.5. The first-order valence-electron chi connectivity index (χ1n) is 16.9. The summed E-state index contributed by atoms with van der Waals surface area (Å²) in [5, 5.41) is 10.4. The van der Waals surface area contributed by atoms with Crippen LogP contribution in [0.15, 0.2) is 60.8 Å². The minimum absolute atomic E-state index is 0.0214. The molecule has 0 radical (unpaired) electrons. The molecular formula is C38H42Cl2N6O4. The first-order valence-corrected chi connectivity index (χ1v) is 17.6. The van der Waals surface area contributed by atoms with Gasteiger partial charge in [-0.05, 0) is 37.5 Å². The van der Waals surface area contributed by atoms with E-state index in [9.17, 15) is 9.59 Å². The van der Waals surface area contributed by atoms with Gasteiger partial charge in [0.25, 0.3) is 0 Å². The minimum Gasteiger partial charge on any atom is -0.496 e. The Labute approximate surface area is 302 Å². The number of carbonyl (C=O) groups is 2. The first-order chi connectivity index (χ1) is 24.2. The van der Waals surface area contributed by atoms with E-state index >= 15 is 0 Å². The largest absolute Gasteiger partial charge is 0.496 e. The molecule has 0 aliphatic carbocycles. The van der Waals surface area contributed by atoms with Crippen molar-refractivity contribution in [2.45, 2.75) is 57.8 Å². The molecule has 6 rings (SSSR count). The molecule has 2 fully saturated rings. The SMILES string of the molecule is COc1cc(-c2nccc(-c3cccc(-c4ccc(CNC[C@@H]5CCC(=O)N5)c(OC)n4)c3Cl)c2Cl)ccc1CN1CCC(NC(C)=O)CC1. The second-order valence-electron chi connectivity index (χ2n) is 12.8. The predicted molar refractivity (Wildman–Crippen MR) is 196 cm³/mol. The van der Waals surface area contributed by atoms with Crippen LogP contribution in [0.5, 0.6) is 11.6 Å². The van der Waals surface area contributed by atoms with Crippen molar-refractivity contribution in [3.05, 3.63) is 82.0 Å². The fraction of sp³-hybridized carbons (Fsp3) is 0.368. The molecule has 2 aliphatic heterocycles. The van der Waals surface area contributed by atoms with Gasteiger partial charge in [-0.2, -0.15) is 0 Å². The highest BCUT2D eigenvalue weighted by Gasteiger charge is 2.23. The topological polar surface area (TPSA) is 118 Å². The van der Waals surface area contributed by atoms with Crippen LogP contribution in [-0.2, 0) is 22.7 Å². The van der Waals surface area contributed by atoms with E-state index in [1.807, 2.05) is 48.5 Å². The number of hydrogen-bond acceptors (Lipinski definition) is 8. The van der Waals surface area contributed by atoms with Crippen LogP contribution in [0.3, 0.4) is 0 Å². The average Bonchev–Trinajstić information content (AvgIpc) is 3.54. The van der Waals surface area contributed by atoms with Gasteiger partial charge in [-0.15, -0.1) is 0 Å². The number of benzene rings is 2. The van der Waals surface area contributed by atoms with Crippen LogP contribution < -0.4 is 25.4 Å². The minimum atomic E-state index is 0.0214. The van der Waals surface area contributed by atoms with Crippen molar-refractivity contribution in [3.63, 3.8) is 0 Å². The average molecular weight is 718 g/mol. The number of carbonyl (C=O) groups excluding carboxylic acids is 2. The summed E-state index contributed by atoms with van der Waals surface area (Å²) < 4.78 is 11.5. The van der Waals surface area contributed by atoms with Gasteiger partial charge in [0, 0.05) is 97.7 Å². The summed E-state index contributed by atoms with van der Waals surface area (Å²) in [7, 11) is 3.27. The molecule has 2 aliphatic rings. The van der Waals surface area contributed by atoms with Crippen molar-refractivity contribution < 1.29 is 19.1 Å². The van der Waals surface area contributed by atoms with Crippen LogP contribution in [-0.4, -0.2) is 72.6 Å². The molecule has 0 bridgehead atoms. The van der Waals surface area contributed by atoms with E-state index in [4.69, 9.17) is 37.7 Å². The lowest BCUT2D eigenvalue weighted by molar-refractivity contribution is -0.120. The number of rotatable bonds is 12. The Hall–Kier alpha value is -4.22. The Morgan fingerprint density at radius 1 is 0.960 bits per heavy atom. The molecule has 0 saturated carbocycles. The monoisotopic (exact) mass is 716 g/mol. The van der Waals surface area contributed by atoms with E-state index < -0.39 is 0 Å². The molecule has 3 N–H and O–H groups in total. The lowest BCUT2D eigenvalue weighted by Crippen LogP contribution is -2.43. The van der Waals surface area contributed by atoms with Crippen LogP contribution in [0.25, 0.3) is 33.6 Å². The van der Waals surface area contributed by atoms with Gasteiger partial charge in [0.15, 0.2) is 0 Å². The molecule has 12 heteroatoms. The van der Waals surface area contributed by atoms with Gasteiger partial charge in [-0.3, -0.25) is 19.5 Å². The zero-order valence-electron chi connectivity index (χ0n) is 28.5. The van der Waals surface area contributed by atoms with E-state index in [2.05, 4.69) is 31.9 Å². The summed E-state index contributed by atoms with van der Waals surface area (Å²) in [6, 6.07) is 18.0. The van der Waals surface area contributed by atoms with Gasteiger partial charge >= 0.3 is 0 Å². The fourth-order valence-corrected chi connectivity index (χ4v) is 7.37. The van der Waals surface area contributed by atoms with Crippen LogP contribution in [0.2, 0.25) is 10.0 Å². The van der Waals surface area contributed by atoms with Gasteiger partial charge in [-0.25, -0.2) is 4.98 Å². The summed E-state index contributed by atoms with van der Waals surface area (Å²) in [5.74, 6) is 1.39. The molecule has 10 nitrogen and oxygen atoms in total. The number of methoxy groups -OCH3 is 2. The van der Waals surface area contributed by atoms with Gasteiger partial charge in [0.05, 0.1) is 35.7 Å². The molecule has 262 valence electrons. The molecule has 1 atom stereocenters. The summed E-state index contributed by atoms with van der Waals surface area (Å²) in [6.07, 6.45) is 4.99. The molecule has 2 saturated heterocycles. The molecule has 0 unspecified atom stereocenters. The zero-order valence-corrected chi connectivity index (χ0v) is 30.0. The number of hydrogen-bond donors (Lipinski definition) is 3. The number of nitrogens with one attached hydrogen (secondary N) is 3. The van der Waals surface area contributed by atoms with E-state index in [1.165, 1.54) is 0 Å². The van der Waals surface area contributed by atoms with Crippen LogP contribution in [0.1, 0.15) is 43.7 Å². The Balaban J connectivity index is 1.20. The highest BCUT2D eigenvalue weighted by Crippen LogP contribution is 2.42. The lowest BCUT2D eigenvalue weighted by atomic mass is 9.99. The van der Waals surface area contributed by atoms with Gasteiger partial charge < -0.3 is 25.4 Å². The van der Waals surface area contributed by atoms with Crippen molar-refractivity contribution in [3.8, 4) is 45.3 Å². The third-order valence-electron chi connectivity index (χ3n) is 9.33. The number of ether oxygens (including phenoxy) is 2. The van der Waals surface area contributed by atoms with E-state index in [1.54, 1.807) is 27.3 Å². The molecule has 2 aromatic carbocycles. The molecule has 0 spiro atoms. The zero-order chi connectivity index (χ0) is 35.2. The van der Waals surface area contributed by atoms with Gasteiger partial charge in [-0.1, -0.05) is 59.6 Å². The smallest absolute Gasteiger partial charge is 0.220 e. The Bertz CT molecular complexity index is 1860. The summed E-state index contributed by atoms with van der Waals surface area (Å²) in [6.45, 7) is 5.34. The Kier molecular flexibility index (Phi) is 11.5. The Morgan fingerprint density at radius 2 is 1.72 bits per heavy atom. The number of pyridine rings is 2. The standard InChI is InChI=1S/C38H42Cl2N6O4/c1-23(47)43-27-14-17-46(18-15-27)22-26-8-7-24(19-33(26)49-2)37-36(40)30(13-16-42-37)29-5-4-6-31(35(29)39)32-11-9-25(38(45-32)50-3)20-41-21-28-10-12-34(48)44-28/h4-9,11,13,16,19,27-28,41H,10,12,14-15,17-18,20-22H2,1-3H3,(H,43,47)(H,44,48)/t28-/m0/s1. The number of nitrogens with zero attached hydrogens (tertiary/aromatic N) is 3. The van der Waals surface area contributed by atoms with Crippen molar-refractivity contribution in [2.24, 2.45) is 0 Å². The highest BCUT2D eigenvalue weighted by molar-refractivity contribution is 6.39. The number of halogens is 2. The third-order valence-corrected chi connectivity index (χ3v) is 10.1. The molecule has 2 amide bonds. The summed E-state index contributed by atoms with van der Waals surface area (Å²) in [5.41, 5.74) is 6.37. The lowest BCUT2D eigenvalue weighted by Gasteiger charge is -2.32. The molecule has 4 aromatic rings. The normalized spacial score (nSPS) is 16.7.